The fourth-order valence-electron chi connectivity index (χ4n) is 7.27. The molecule has 1 aliphatic carbocycles. The molecular formula is C31H38ClF4N5O5S. The van der Waals surface area contributed by atoms with E-state index in [1.165, 1.54) is 10.5 Å². The van der Waals surface area contributed by atoms with Gasteiger partial charge in [-0.15, -0.1) is 0 Å². The van der Waals surface area contributed by atoms with Crippen molar-refractivity contribution in [3.63, 3.8) is 0 Å². The Bertz CT molecular complexity index is 1540. The molecule has 4 N–H and O–H groups in total. The molecular weight excluding hydrogens is 666 g/mol. The lowest BCUT2D eigenvalue weighted by atomic mass is 9.70. The summed E-state index contributed by atoms with van der Waals surface area (Å²) in [5, 5.41) is 18.4. The Kier molecular flexibility index (Phi) is 11.0. The summed E-state index contributed by atoms with van der Waals surface area (Å²) in [5.74, 6) is -4.36. The summed E-state index contributed by atoms with van der Waals surface area (Å²) in [6, 6.07) is 4.49. The van der Waals surface area contributed by atoms with E-state index in [9.17, 15) is 36.3 Å². The van der Waals surface area contributed by atoms with Crippen molar-refractivity contribution in [1.82, 2.24) is 19.9 Å². The highest BCUT2D eigenvalue weighted by molar-refractivity contribution is 7.89. The number of piperazine rings is 1. The lowest BCUT2D eigenvalue weighted by molar-refractivity contribution is -0.184. The van der Waals surface area contributed by atoms with Crippen LogP contribution in [0.5, 0.6) is 0 Å². The number of halogens is 5. The highest BCUT2D eigenvalue weighted by atomic mass is 35.5. The Balaban J connectivity index is 1.39. The Morgan fingerprint density at radius 2 is 1.81 bits per heavy atom. The topological polar surface area (TPSA) is 141 Å². The van der Waals surface area contributed by atoms with Crippen LogP contribution in [0.25, 0.3) is 0 Å². The van der Waals surface area contributed by atoms with Crippen LogP contribution in [-0.2, 0) is 21.2 Å². The molecule has 3 fully saturated rings. The van der Waals surface area contributed by atoms with Crippen LogP contribution in [0.2, 0.25) is 5.02 Å². The second-order valence-corrected chi connectivity index (χ2v) is 15.1. The van der Waals surface area contributed by atoms with Gasteiger partial charge in [-0.05, 0) is 75.0 Å². The second-order valence-electron chi connectivity index (χ2n) is 12.6. The van der Waals surface area contributed by atoms with E-state index in [0.29, 0.717) is 30.1 Å². The number of hydrogen-bond donors (Lipinski definition) is 4. The molecule has 2 saturated heterocycles. The number of amides is 2. The molecule has 1 saturated carbocycles. The fraction of sp³-hybridized carbons (Fsp3) is 0.581. The molecule has 5 atom stereocenters. The third-order valence-corrected chi connectivity index (χ3v) is 11.9. The van der Waals surface area contributed by atoms with Crippen LogP contribution in [-0.4, -0.2) is 78.0 Å². The summed E-state index contributed by atoms with van der Waals surface area (Å²) in [6.07, 6.45) is -2.21. The molecule has 3 heterocycles. The number of alkyl halides is 3. The number of carboxylic acid groups (broad SMARTS) is 1. The Morgan fingerprint density at radius 1 is 1.11 bits per heavy atom. The Morgan fingerprint density at radius 3 is 2.47 bits per heavy atom. The van der Waals surface area contributed by atoms with Crippen LogP contribution in [0, 0.1) is 17.7 Å². The van der Waals surface area contributed by atoms with Crippen molar-refractivity contribution in [2.24, 2.45) is 11.8 Å². The lowest BCUT2D eigenvalue weighted by Crippen LogP contribution is -2.57. The van der Waals surface area contributed by atoms with Crippen LogP contribution in [0.15, 0.2) is 36.7 Å². The zero-order chi connectivity index (χ0) is 33.9. The number of pyridine rings is 1. The molecule has 3 aliphatic rings. The van der Waals surface area contributed by atoms with Crippen molar-refractivity contribution in [2.75, 3.05) is 24.2 Å². The number of rotatable bonds is 9. The van der Waals surface area contributed by atoms with Gasteiger partial charge in [0.2, 0.25) is 15.9 Å². The second kappa shape index (κ2) is 14.6. The average Bonchev–Trinajstić information content (AvgIpc) is 3.12. The van der Waals surface area contributed by atoms with Gasteiger partial charge in [0.15, 0.2) is 0 Å². The zero-order valence-corrected chi connectivity index (χ0v) is 27.1. The number of sulfonamides is 1. The van der Waals surface area contributed by atoms with Crippen molar-refractivity contribution in [3.8, 4) is 0 Å². The first-order valence-corrected chi connectivity index (χ1v) is 17.7. The summed E-state index contributed by atoms with van der Waals surface area (Å²) >= 11 is 6.08. The van der Waals surface area contributed by atoms with E-state index in [1.54, 1.807) is 24.3 Å². The summed E-state index contributed by atoms with van der Waals surface area (Å²) in [7, 11) is -3.49. The number of fused-ring (bicyclic) bond motifs is 2. The van der Waals surface area contributed by atoms with Gasteiger partial charge in [-0.1, -0.05) is 23.7 Å². The van der Waals surface area contributed by atoms with Gasteiger partial charge in [-0.25, -0.2) is 17.6 Å². The Labute approximate surface area is 275 Å². The number of carbonyl (C=O) groups excluding carboxylic acids is 1. The highest BCUT2D eigenvalue weighted by Crippen LogP contribution is 2.45. The van der Waals surface area contributed by atoms with Crippen molar-refractivity contribution >= 4 is 39.3 Å². The highest BCUT2D eigenvalue weighted by Gasteiger charge is 2.45. The first kappa shape index (κ1) is 35.3. The molecule has 5 rings (SSSR count). The van der Waals surface area contributed by atoms with E-state index in [4.69, 9.17) is 11.6 Å². The van der Waals surface area contributed by atoms with Crippen molar-refractivity contribution in [3.05, 3.63) is 58.6 Å². The normalized spacial score (nSPS) is 27.2. The number of carbonyl (C=O) groups is 2. The minimum Gasteiger partial charge on any atom is -0.465 e. The Hall–Kier alpha value is -3.01. The molecule has 2 aromatic rings. The van der Waals surface area contributed by atoms with Crippen LogP contribution >= 0.6 is 11.6 Å². The predicted molar refractivity (Wildman–Crippen MR) is 167 cm³/mol. The lowest BCUT2D eigenvalue weighted by Gasteiger charge is -2.38. The van der Waals surface area contributed by atoms with E-state index < -0.39 is 63.9 Å². The third-order valence-electron chi connectivity index (χ3n) is 9.67. The number of nitrogens with one attached hydrogen (secondary N) is 3. The minimum atomic E-state index is -4.36. The number of nitrogens with zero attached hydrogens (tertiary/aromatic N) is 2. The molecule has 0 spiro atoms. The van der Waals surface area contributed by atoms with E-state index >= 15 is 4.39 Å². The molecule has 1 aromatic heterocycles. The van der Waals surface area contributed by atoms with Crippen molar-refractivity contribution in [1.29, 1.82) is 0 Å². The minimum absolute atomic E-state index is 0.0109. The molecule has 0 radical (unpaired) electrons. The van der Waals surface area contributed by atoms with Crippen molar-refractivity contribution < 1.29 is 40.7 Å². The van der Waals surface area contributed by atoms with Gasteiger partial charge < -0.3 is 21.1 Å². The van der Waals surface area contributed by atoms with E-state index in [2.05, 4.69) is 20.9 Å². The summed E-state index contributed by atoms with van der Waals surface area (Å²) < 4.78 is 83.0. The van der Waals surface area contributed by atoms with Gasteiger partial charge in [-0.3, -0.25) is 9.78 Å². The number of aromatic nitrogens is 1. The summed E-state index contributed by atoms with van der Waals surface area (Å²) in [4.78, 5) is 29.8. The van der Waals surface area contributed by atoms with Gasteiger partial charge in [0.1, 0.15) is 11.9 Å². The molecule has 2 bridgehead atoms. The molecule has 2 amide bonds. The van der Waals surface area contributed by atoms with E-state index in [-0.39, 0.29) is 61.6 Å². The first-order valence-electron chi connectivity index (χ1n) is 15.7. The quantitative estimate of drug-likeness (QED) is 0.260. The molecule has 258 valence electrons. The monoisotopic (exact) mass is 703 g/mol. The maximum absolute atomic E-state index is 15.2. The number of anilines is 1. The molecule has 1 unspecified atom stereocenters. The number of hydrogen-bond acceptors (Lipinski definition) is 6. The van der Waals surface area contributed by atoms with Crippen LogP contribution in [0.3, 0.4) is 0 Å². The zero-order valence-electron chi connectivity index (χ0n) is 25.5. The smallest absolute Gasteiger partial charge is 0.405 e. The number of benzene rings is 1. The van der Waals surface area contributed by atoms with Gasteiger partial charge in [0, 0.05) is 41.7 Å². The van der Waals surface area contributed by atoms with E-state index in [1.807, 2.05) is 0 Å². The SMILES string of the molecule is O=C(O)N[C@H](C(=O)Nc1cncc(F)c1CC[C@H]1CN[C@@H]2CCCS(=O)(=O)N1C2)[C@@H](c1ccc(Cl)cc1)C1CCC(C(F)(F)F)CC1. The molecule has 2 aliphatic heterocycles. The van der Waals surface area contributed by atoms with Gasteiger partial charge in [0.25, 0.3) is 0 Å². The third kappa shape index (κ3) is 8.54. The molecule has 1 aromatic carbocycles. The molecule has 47 heavy (non-hydrogen) atoms. The largest absolute Gasteiger partial charge is 0.465 e. The first-order chi connectivity index (χ1) is 22.2. The van der Waals surface area contributed by atoms with Crippen LogP contribution < -0.4 is 16.0 Å². The predicted octanol–water partition coefficient (Wildman–Crippen LogP) is 5.30. The summed E-state index contributed by atoms with van der Waals surface area (Å²) in [6.45, 7) is 0.719. The maximum atomic E-state index is 15.2. The van der Waals surface area contributed by atoms with E-state index in [0.717, 1.165) is 12.6 Å². The van der Waals surface area contributed by atoms with Crippen LogP contribution in [0.4, 0.5) is 28.0 Å². The average molecular weight is 704 g/mol. The standard InChI is InChI=1S/C31H38ClF4N5O5S/c32-21-9-5-19(6-10-21)27(18-3-7-20(8-4-18)31(34,35)36)28(40-30(43)44)29(42)39-26-16-37-15-25(33)24(26)12-11-23-14-38-22-2-1-13-47(45,46)41(23)17-22/h5-6,9-10,15-16,18,20,22-23,27-28,38,40H,1-4,7-8,11-14,17H2,(H,39,42)(H,43,44)/t18?,20?,22-,23+,27-,28+/m1/s1. The molecule has 16 heteroatoms. The molecule has 10 nitrogen and oxygen atoms in total. The maximum Gasteiger partial charge on any atom is 0.405 e. The van der Waals surface area contributed by atoms with Crippen LogP contribution in [0.1, 0.15) is 62.0 Å². The van der Waals surface area contributed by atoms with Crippen molar-refractivity contribution in [2.45, 2.75) is 81.6 Å². The van der Waals surface area contributed by atoms with Gasteiger partial charge in [-0.2, -0.15) is 17.5 Å². The fourth-order valence-corrected chi connectivity index (χ4v) is 9.20. The van der Waals surface area contributed by atoms with Gasteiger partial charge in [0.05, 0.1) is 29.8 Å². The summed E-state index contributed by atoms with van der Waals surface area (Å²) in [5.41, 5.74) is 0.576. The van der Waals surface area contributed by atoms with Gasteiger partial charge >= 0.3 is 12.3 Å².